The van der Waals surface area contributed by atoms with Crippen molar-refractivity contribution in [2.24, 2.45) is 5.92 Å². The van der Waals surface area contributed by atoms with Gasteiger partial charge in [-0.25, -0.2) is 8.42 Å². The van der Waals surface area contributed by atoms with Gasteiger partial charge in [0, 0.05) is 12.7 Å². The van der Waals surface area contributed by atoms with E-state index in [-0.39, 0.29) is 22.5 Å². The van der Waals surface area contributed by atoms with Gasteiger partial charge in [0.25, 0.3) is 0 Å². The third-order valence-corrected chi connectivity index (χ3v) is 4.50. The highest BCUT2D eigenvalue weighted by atomic mass is 32.2. The molecule has 0 amide bonds. The quantitative estimate of drug-likeness (QED) is 0.635. The first-order chi connectivity index (χ1) is 4.99. The van der Waals surface area contributed by atoms with Crippen molar-refractivity contribution < 1.29 is 13.2 Å². The van der Waals surface area contributed by atoms with Gasteiger partial charge < -0.3 is 0 Å². The van der Waals surface area contributed by atoms with E-state index in [9.17, 15) is 13.2 Å². The van der Waals surface area contributed by atoms with Crippen molar-refractivity contribution in [3.8, 4) is 0 Å². The van der Waals surface area contributed by atoms with Gasteiger partial charge in [-0.05, 0) is 5.92 Å². The molecule has 0 atom stereocenters. The van der Waals surface area contributed by atoms with Gasteiger partial charge in [0.2, 0.25) is 0 Å². The van der Waals surface area contributed by atoms with E-state index in [2.05, 4.69) is 0 Å². The minimum Gasteiger partial charge on any atom is -0.288 e. The van der Waals surface area contributed by atoms with E-state index in [1.165, 1.54) is 18.7 Å². The normalized spacial score (nSPS) is 22.6. The Morgan fingerprint density at radius 3 is 2.45 bits per heavy atom. The van der Waals surface area contributed by atoms with Gasteiger partial charge in [-0.1, -0.05) is 11.8 Å². The summed E-state index contributed by atoms with van der Waals surface area (Å²) in [5.74, 6) is 1.42. The molecule has 0 saturated carbocycles. The highest BCUT2D eigenvalue weighted by molar-refractivity contribution is 8.13. The second-order valence-corrected chi connectivity index (χ2v) is 6.10. The molecule has 0 spiro atoms. The number of carbonyl (C=O) groups is 1. The molecule has 0 aromatic heterocycles. The molecule has 5 heteroatoms. The van der Waals surface area contributed by atoms with Crippen LogP contribution in [0.5, 0.6) is 0 Å². The standard InChI is InChI=1S/C6H10O3S2/c1-5(7)10-2-6-3-11(8,9)4-6/h6H,2-4H2,1H3. The Bertz CT molecular complexity index is 243. The molecule has 3 nitrogen and oxygen atoms in total. The molecule has 0 aromatic rings. The molecule has 1 heterocycles. The molecular formula is C6H10O3S2. The van der Waals surface area contributed by atoms with Crippen LogP contribution in [0.3, 0.4) is 0 Å². The average Bonchev–Trinajstić information content (AvgIpc) is 1.78. The van der Waals surface area contributed by atoms with Gasteiger partial charge in [0.1, 0.15) is 0 Å². The monoisotopic (exact) mass is 194 g/mol. The molecule has 1 aliphatic rings. The van der Waals surface area contributed by atoms with Crippen molar-refractivity contribution in [2.75, 3.05) is 17.3 Å². The number of hydrogen-bond donors (Lipinski definition) is 0. The van der Waals surface area contributed by atoms with E-state index >= 15 is 0 Å². The summed E-state index contributed by atoms with van der Waals surface area (Å²) in [4.78, 5) is 10.5. The number of thioether (sulfide) groups is 1. The Labute approximate surface area is 70.5 Å². The maximum absolute atomic E-state index is 10.6. The molecule has 0 radical (unpaired) electrons. The minimum atomic E-state index is -2.70. The summed E-state index contributed by atoms with van der Waals surface area (Å²) in [6.45, 7) is 1.50. The van der Waals surface area contributed by atoms with Gasteiger partial charge >= 0.3 is 0 Å². The summed E-state index contributed by atoms with van der Waals surface area (Å²) >= 11 is 1.21. The fourth-order valence-corrected chi connectivity index (χ4v) is 3.58. The molecule has 1 fully saturated rings. The Hall–Kier alpha value is -0.0300. The maximum atomic E-state index is 10.6. The predicted octanol–water partition coefficient (Wildman–Crippen LogP) is 0.311. The van der Waals surface area contributed by atoms with Gasteiger partial charge in [0.05, 0.1) is 11.5 Å². The van der Waals surface area contributed by atoms with E-state index in [4.69, 9.17) is 0 Å². The molecule has 0 unspecified atom stereocenters. The third-order valence-electron chi connectivity index (χ3n) is 1.50. The van der Waals surface area contributed by atoms with Crippen LogP contribution in [0.1, 0.15) is 6.92 Å². The third kappa shape index (κ3) is 2.83. The topological polar surface area (TPSA) is 51.2 Å². The Kier molecular flexibility index (Phi) is 2.59. The van der Waals surface area contributed by atoms with Crippen LogP contribution in [0.4, 0.5) is 0 Å². The lowest BCUT2D eigenvalue weighted by atomic mass is 10.2. The summed E-state index contributed by atoms with van der Waals surface area (Å²) in [5, 5.41) is 0.0642. The molecule has 0 bridgehead atoms. The van der Waals surface area contributed by atoms with E-state index in [1.807, 2.05) is 0 Å². The average molecular weight is 194 g/mol. The van der Waals surface area contributed by atoms with Crippen molar-refractivity contribution >= 4 is 26.7 Å². The van der Waals surface area contributed by atoms with Gasteiger partial charge in [-0.15, -0.1) is 0 Å². The number of carbonyl (C=O) groups excluding carboxylic acids is 1. The number of sulfone groups is 1. The summed E-state index contributed by atoms with van der Waals surface area (Å²) in [6, 6.07) is 0. The molecule has 1 saturated heterocycles. The summed E-state index contributed by atoms with van der Waals surface area (Å²) in [7, 11) is -2.70. The lowest BCUT2D eigenvalue weighted by Gasteiger charge is -2.24. The molecule has 11 heavy (non-hydrogen) atoms. The van der Waals surface area contributed by atoms with Crippen LogP contribution in [0, 0.1) is 5.92 Å². The minimum absolute atomic E-state index is 0.0642. The highest BCUT2D eigenvalue weighted by Crippen LogP contribution is 2.22. The van der Waals surface area contributed by atoms with Crippen molar-refractivity contribution in [2.45, 2.75) is 6.92 Å². The zero-order valence-corrected chi connectivity index (χ0v) is 7.87. The fraction of sp³-hybridized carbons (Fsp3) is 0.833. The smallest absolute Gasteiger partial charge is 0.185 e. The first-order valence-electron chi connectivity index (χ1n) is 3.33. The van der Waals surface area contributed by atoms with E-state index in [0.717, 1.165) is 0 Å². The molecule has 1 rings (SSSR count). The van der Waals surface area contributed by atoms with Crippen molar-refractivity contribution in [1.29, 1.82) is 0 Å². The number of hydrogen-bond acceptors (Lipinski definition) is 4. The van der Waals surface area contributed by atoms with Crippen molar-refractivity contribution in [3.63, 3.8) is 0 Å². The van der Waals surface area contributed by atoms with Crippen LogP contribution in [0.2, 0.25) is 0 Å². The zero-order valence-electron chi connectivity index (χ0n) is 6.24. The van der Waals surface area contributed by atoms with Crippen molar-refractivity contribution in [1.82, 2.24) is 0 Å². The molecule has 0 N–H and O–H groups in total. The van der Waals surface area contributed by atoms with Crippen molar-refractivity contribution in [3.05, 3.63) is 0 Å². The lowest BCUT2D eigenvalue weighted by molar-refractivity contribution is -0.109. The molecule has 1 aliphatic heterocycles. The van der Waals surface area contributed by atoms with Gasteiger partial charge in [-0.2, -0.15) is 0 Å². The highest BCUT2D eigenvalue weighted by Gasteiger charge is 2.33. The Balaban J connectivity index is 2.19. The van der Waals surface area contributed by atoms with Crippen LogP contribution >= 0.6 is 11.8 Å². The first kappa shape index (κ1) is 9.06. The van der Waals surface area contributed by atoms with E-state index in [1.54, 1.807) is 0 Å². The molecular weight excluding hydrogens is 184 g/mol. The summed E-state index contributed by atoms with van der Waals surface area (Å²) in [5.41, 5.74) is 0. The zero-order chi connectivity index (χ0) is 8.48. The predicted molar refractivity (Wildman–Crippen MR) is 45.3 cm³/mol. The summed E-state index contributed by atoms with van der Waals surface area (Å²) in [6.07, 6.45) is 0. The molecule has 64 valence electrons. The van der Waals surface area contributed by atoms with E-state index in [0.29, 0.717) is 5.75 Å². The largest absolute Gasteiger partial charge is 0.288 e. The van der Waals surface area contributed by atoms with Crippen LogP contribution in [0.15, 0.2) is 0 Å². The van der Waals surface area contributed by atoms with Crippen LogP contribution in [0.25, 0.3) is 0 Å². The molecule has 0 aromatic carbocycles. The summed E-state index contributed by atoms with van der Waals surface area (Å²) < 4.78 is 21.3. The van der Waals surface area contributed by atoms with Crippen LogP contribution in [-0.2, 0) is 14.6 Å². The Morgan fingerprint density at radius 2 is 2.09 bits per heavy atom. The SMILES string of the molecule is CC(=O)SCC1CS(=O)(=O)C1. The van der Waals surface area contributed by atoms with E-state index < -0.39 is 9.84 Å². The molecule has 0 aliphatic carbocycles. The fourth-order valence-electron chi connectivity index (χ4n) is 1.00. The maximum Gasteiger partial charge on any atom is 0.185 e. The van der Waals surface area contributed by atoms with Gasteiger partial charge in [0.15, 0.2) is 15.0 Å². The second-order valence-electron chi connectivity index (χ2n) is 2.75. The van der Waals surface area contributed by atoms with Crippen LogP contribution < -0.4 is 0 Å². The Morgan fingerprint density at radius 1 is 1.55 bits per heavy atom. The number of rotatable bonds is 2. The van der Waals surface area contributed by atoms with Gasteiger partial charge in [-0.3, -0.25) is 4.79 Å². The second kappa shape index (κ2) is 3.15. The first-order valence-corrected chi connectivity index (χ1v) is 6.14. The lowest BCUT2D eigenvalue weighted by Crippen LogP contribution is -2.37. The van der Waals surface area contributed by atoms with Crippen LogP contribution in [-0.4, -0.2) is 30.8 Å².